The summed E-state index contributed by atoms with van der Waals surface area (Å²) < 4.78 is 5.45. The van der Waals surface area contributed by atoms with Crippen LogP contribution in [0.2, 0.25) is 5.02 Å². The SMILES string of the molecule is CC1COCCN1c1c(Cl)cccc1CBr. The molecule has 88 valence electrons. The average Bonchev–Trinajstić information content (AvgIpc) is 2.30. The Morgan fingerprint density at radius 1 is 1.56 bits per heavy atom. The van der Waals surface area contributed by atoms with E-state index in [0.29, 0.717) is 6.04 Å². The highest BCUT2D eigenvalue weighted by molar-refractivity contribution is 9.08. The fourth-order valence-electron chi connectivity index (χ4n) is 2.05. The Hall–Kier alpha value is -0.250. The van der Waals surface area contributed by atoms with Gasteiger partial charge in [-0.3, -0.25) is 0 Å². The monoisotopic (exact) mass is 303 g/mol. The van der Waals surface area contributed by atoms with Gasteiger partial charge in [-0.25, -0.2) is 0 Å². The zero-order chi connectivity index (χ0) is 11.5. The van der Waals surface area contributed by atoms with Crippen LogP contribution in [0.25, 0.3) is 0 Å². The van der Waals surface area contributed by atoms with Crippen molar-refractivity contribution >= 4 is 33.2 Å². The second-order valence-corrected chi connectivity index (χ2v) is 4.97. The van der Waals surface area contributed by atoms with Crippen LogP contribution in [-0.4, -0.2) is 25.8 Å². The molecule has 1 atom stereocenters. The molecule has 2 rings (SSSR count). The first-order valence-electron chi connectivity index (χ1n) is 5.41. The molecule has 16 heavy (non-hydrogen) atoms. The zero-order valence-corrected chi connectivity index (χ0v) is 11.6. The maximum atomic E-state index is 6.30. The van der Waals surface area contributed by atoms with Crippen LogP contribution in [0.3, 0.4) is 0 Å². The van der Waals surface area contributed by atoms with Crippen LogP contribution in [-0.2, 0) is 10.1 Å². The van der Waals surface area contributed by atoms with E-state index in [-0.39, 0.29) is 0 Å². The van der Waals surface area contributed by atoms with E-state index >= 15 is 0 Å². The van der Waals surface area contributed by atoms with Gasteiger partial charge in [-0.05, 0) is 18.6 Å². The van der Waals surface area contributed by atoms with Crippen molar-refractivity contribution in [3.63, 3.8) is 0 Å². The average molecular weight is 305 g/mol. The van der Waals surface area contributed by atoms with Crippen LogP contribution < -0.4 is 4.90 Å². The first-order chi connectivity index (χ1) is 7.74. The van der Waals surface area contributed by atoms with Crippen molar-refractivity contribution in [2.75, 3.05) is 24.7 Å². The summed E-state index contributed by atoms with van der Waals surface area (Å²) in [5.74, 6) is 0. The molecule has 0 N–H and O–H groups in total. The number of alkyl halides is 1. The summed E-state index contributed by atoms with van der Waals surface area (Å²) in [5, 5.41) is 1.65. The van der Waals surface area contributed by atoms with Gasteiger partial charge >= 0.3 is 0 Å². The molecule has 1 heterocycles. The summed E-state index contributed by atoms with van der Waals surface area (Å²) in [6, 6.07) is 6.43. The van der Waals surface area contributed by atoms with Gasteiger partial charge in [-0.2, -0.15) is 0 Å². The lowest BCUT2D eigenvalue weighted by atomic mass is 10.1. The van der Waals surface area contributed by atoms with Gasteiger partial charge in [-0.1, -0.05) is 39.7 Å². The molecule has 1 aromatic rings. The van der Waals surface area contributed by atoms with E-state index in [1.54, 1.807) is 0 Å². The van der Waals surface area contributed by atoms with E-state index in [1.165, 1.54) is 5.56 Å². The molecular weight excluding hydrogens is 289 g/mol. The summed E-state index contributed by atoms with van der Waals surface area (Å²) >= 11 is 9.82. The van der Waals surface area contributed by atoms with Crippen LogP contribution in [0.5, 0.6) is 0 Å². The smallest absolute Gasteiger partial charge is 0.0668 e. The maximum absolute atomic E-state index is 6.30. The van der Waals surface area contributed by atoms with Gasteiger partial charge in [0.2, 0.25) is 0 Å². The lowest BCUT2D eigenvalue weighted by Crippen LogP contribution is -2.44. The van der Waals surface area contributed by atoms with Gasteiger partial charge in [0.15, 0.2) is 0 Å². The highest BCUT2D eigenvalue weighted by Crippen LogP contribution is 2.33. The third-order valence-corrected chi connectivity index (χ3v) is 3.78. The fourth-order valence-corrected chi connectivity index (χ4v) is 2.80. The highest BCUT2D eigenvalue weighted by atomic mass is 79.9. The molecule has 0 amide bonds. The molecule has 1 fully saturated rings. The van der Waals surface area contributed by atoms with Crippen molar-refractivity contribution in [2.45, 2.75) is 18.3 Å². The normalized spacial score (nSPS) is 21.2. The van der Waals surface area contributed by atoms with Crippen LogP contribution in [0.1, 0.15) is 12.5 Å². The van der Waals surface area contributed by atoms with Crippen molar-refractivity contribution in [1.82, 2.24) is 0 Å². The minimum absolute atomic E-state index is 0.381. The summed E-state index contributed by atoms with van der Waals surface area (Å²) in [7, 11) is 0. The number of halogens is 2. The van der Waals surface area contributed by atoms with Gasteiger partial charge in [0, 0.05) is 17.9 Å². The Morgan fingerprint density at radius 2 is 2.38 bits per heavy atom. The number of morpholine rings is 1. The number of para-hydroxylation sites is 1. The predicted octanol–water partition coefficient (Wildman–Crippen LogP) is 3.46. The van der Waals surface area contributed by atoms with E-state index in [9.17, 15) is 0 Å². The minimum atomic E-state index is 0.381. The van der Waals surface area contributed by atoms with Crippen LogP contribution in [0.15, 0.2) is 18.2 Å². The molecule has 0 spiro atoms. The number of anilines is 1. The molecule has 0 aliphatic carbocycles. The summed E-state index contributed by atoms with van der Waals surface area (Å²) in [5.41, 5.74) is 2.39. The Labute approximate surface area is 110 Å². The van der Waals surface area contributed by atoms with Crippen molar-refractivity contribution in [1.29, 1.82) is 0 Å². The van der Waals surface area contributed by atoms with Gasteiger partial charge in [0.05, 0.1) is 23.9 Å². The quantitative estimate of drug-likeness (QED) is 0.776. The molecule has 1 aromatic carbocycles. The maximum Gasteiger partial charge on any atom is 0.0668 e. The van der Waals surface area contributed by atoms with Crippen molar-refractivity contribution in [2.24, 2.45) is 0 Å². The van der Waals surface area contributed by atoms with Gasteiger partial charge in [0.25, 0.3) is 0 Å². The van der Waals surface area contributed by atoms with Gasteiger partial charge < -0.3 is 9.64 Å². The Morgan fingerprint density at radius 3 is 3.06 bits per heavy atom. The highest BCUT2D eigenvalue weighted by Gasteiger charge is 2.22. The molecule has 1 aliphatic heterocycles. The summed E-state index contributed by atoms with van der Waals surface area (Å²) in [6.45, 7) is 4.62. The number of ether oxygens (including phenoxy) is 1. The standard InChI is InChI=1S/C12H15BrClNO/c1-9-8-16-6-5-15(9)12-10(7-13)3-2-4-11(12)14/h2-4,9H,5-8H2,1H3. The van der Waals surface area contributed by atoms with E-state index in [4.69, 9.17) is 16.3 Å². The molecule has 0 aromatic heterocycles. The fraction of sp³-hybridized carbons (Fsp3) is 0.500. The topological polar surface area (TPSA) is 12.5 Å². The third kappa shape index (κ3) is 2.36. The molecule has 1 aliphatic rings. The molecule has 4 heteroatoms. The molecule has 0 bridgehead atoms. The summed E-state index contributed by atoms with van der Waals surface area (Å²) in [6.07, 6.45) is 0. The Kier molecular flexibility index (Phi) is 4.11. The molecular formula is C12H15BrClNO. The minimum Gasteiger partial charge on any atom is -0.377 e. The zero-order valence-electron chi connectivity index (χ0n) is 9.25. The molecule has 2 nitrogen and oxygen atoms in total. The number of hydrogen-bond acceptors (Lipinski definition) is 2. The number of hydrogen-bond donors (Lipinski definition) is 0. The largest absolute Gasteiger partial charge is 0.377 e. The van der Waals surface area contributed by atoms with E-state index < -0.39 is 0 Å². The third-order valence-electron chi connectivity index (χ3n) is 2.87. The number of rotatable bonds is 2. The number of nitrogens with zero attached hydrogens (tertiary/aromatic N) is 1. The van der Waals surface area contributed by atoms with Gasteiger partial charge in [-0.15, -0.1) is 0 Å². The van der Waals surface area contributed by atoms with Crippen molar-refractivity contribution in [3.05, 3.63) is 28.8 Å². The molecule has 1 unspecified atom stereocenters. The predicted molar refractivity (Wildman–Crippen MR) is 71.7 cm³/mol. The van der Waals surface area contributed by atoms with E-state index in [0.717, 1.165) is 35.8 Å². The lowest BCUT2D eigenvalue weighted by Gasteiger charge is -2.36. The van der Waals surface area contributed by atoms with Crippen molar-refractivity contribution < 1.29 is 4.74 Å². The number of benzene rings is 1. The van der Waals surface area contributed by atoms with Crippen LogP contribution >= 0.6 is 27.5 Å². The lowest BCUT2D eigenvalue weighted by molar-refractivity contribution is 0.0989. The second-order valence-electron chi connectivity index (χ2n) is 4.00. The Balaban J connectivity index is 2.37. The van der Waals surface area contributed by atoms with Crippen molar-refractivity contribution in [3.8, 4) is 0 Å². The molecule has 0 radical (unpaired) electrons. The van der Waals surface area contributed by atoms with Crippen LogP contribution in [0.4, 0.5) is 5.69 Å². The first kappa shape index (κ1) is 12.2. The van der Waals surface area contributed by atoms with Gasteiger partial charge in [0.1, 0.15) is 0 Å². The first-order valence-corrected chi connectivity index (χ1v) is 6.91. The van der Waals surface area contributed by atoms with Crippen LogP contribution in [0, 0.1) is 0 Å². The molecule has 0 saturated carbocycles. The van der Waals surface area contributed by atoms with E-state index in [2.05, 4.69) is 33.8 Å². The molecule has 1 saturated heterocycles. The Bertz CT molecular complexity index is 372. The second kappa shape index (κ2) is 5.39. The summed E-state index contributed by atoms with van der Waals surface area (Å²) in [4.78, 5) is 2.34. The van der Waals surface area contributed by atoms with E-state index in [1.807, 2.05) is 12.1 Å².